The van der Waals surface area contributed by atoms with Gasteiger partial charge in [0.05, 0.1) is 25.1 Å². The smallest absolute Gasteiger partial charge is 0.304 e. The van der Waals surface area contributed by atoms with Gasteiger partial charge in [-0.15, -0.1) is 0 Å². The number of rotatable bonds is 10. The first-order valence-corrected chi connectivity index (χ1v) is 12.8. The second kappa shape index (κ2) is 11.1. The van der Waals surface area contributed by atoms with Crippen molar-refractivity contribution in [2.75, 3.05) is 13.2 Å². The summed E-state index contributed by atoms with van der Waals surface area (Å²) in [5.41, 5.74) is 1.96. The van der Waals surface area contributed by atoms with E-state index in [1.807, 2.05) is 60.4 Å². The normalized spacial score (nSPS) is 23.7. The van der Waals surface area contributed by atoms with Crippen LogP contribution in [0, 0.1) is 11.8 Å². The summed E-state index contributed by atoms with van der Waals surface area (Å²) in [7, 11) is 0. The summed E-state index contributed by atoms with van der Waals surface area (Å²) in [6.07, 6.45) is 3.35. The summed E-state index contributed by atoms with van der Waals surface area (Å²) in [5.74, 6) is -1.18. The molecule has 2 aromatic carbocycles. The fourth-order valence-electron chi connectivity index (χ4n) is 5.03. The molecule has 0 bridgehead atoms. The molecule has 1 saturated heterocycles. The Morgan fingerprint density at radius 2 is 1.85 bits per heavy atom. The lowest BCUT2D eigenvalue weighted by Crippen LogP contribution is -2.53. The molecule has 2 unspecified atom stereocenters. The number of carbonyl (C=O) groups excluding carboxylic acids is 1. The van der Waals surface area contributed by atoms with Gasteiger partial charge in [-0.05, 0) is 67.0 Å². The van der Waals surface area contributed by atoms with Gasteiger partial charge >= 0.3 is 5.97 Å². The van der Waals surface area contributed by atoms with E-state index in [4.69, 9.17) is 27.9 Å². The molecular weight excluding hydrogens is 473 g/mol. The van der Waals surface area contributed by atoms with E-state index in [2.05, 4.69) is 0 Å². The van der Waals surface area contributed by atoms with Gasteiger partial charge in [0.1, 0.15) is 0 Å². The molecule has 4 rings (SSSR count). The van der Waals surface area contributed by atoms with Crippen LogP contribution >= 0.6 is 23.2 Å². The van der Waals surface area contributed by atoms with Gasteiger partial charge in [0.25, 0.3) is 0 Å². The van der Waals surface area contributed by atoms with Crippen molar-refractivity contribution >= 4 is 35.1 Å². The third-order valence-electron chi connectivity index (χ3n) is 6.96. The highest BCUT2D eigenvalue weighted by molar-refractivity contribution is 6.30. The number of nitrogens with zero attached hydrogens (tertiary/aromatic N) is 1. The molecule has 2 aromatic rings. The number of ether oxygens (including phenoxy) is 1. The Balaban J connectivity index is 1.76. The highest BCUT2D eigenvalue weighted by Crippen LogP contribution is 2.47. The van der Waals surface area contributed by atoms with Crippen molar-refractivity contribution in [1.82, 2.24) is 4.90 Å². The minimum absolute atomic E-state index is 0.112. The number of benzene rings is 2. The summed E-state index contributed by atoms with van der Waals surface area (Å²) in [6, 6.07) is 14.8. The first-order valence-electron chi connectivity index (χ1n) is 12.0. The minimum Gasteiger partial charge on any atom is -0.481 e. The summed E-state index contributed by atoms with van der Waals surface area (Å²) in [4.78, 5) is 27.4. The van der Waals surface area contributed by atoms with Gasteiger partial charge in [-0.25, -0.2) is 0 Å². The largest absolute Gasteiger partial charge is 0.481 e. The second-order valence-corrected chi connectivity index (χ2v) is 10.3. The number of carbonyl (C=O) groups is 2. The Kier molecular flexibility index (Phi) is 8.18. The van der Waals surface area contributed by atoms with Crippen LogP contribution in [0.2, 0.25) is 10.0 Å². The van der Waals surface area contributed by atoms with Crippen LogP contribution in [-0.4, -0.2) is 41.1 Å². The lowest BCUT2D eigenvalue weighted by molar-refractivity contribution is -0.154. The number of likely N-dealkylation sites (tertiary alicyclic amines) is 1. The molecule has 5 nitrogen and oxygen atoms in total. The molecule has 2 aliphatic rings. The Morgan fingerprint density at radius 3 is 2.47 bits per heavy atom. The van der Waals surface area contributed by atoms with Crippen LogP contribution in [0.15, 0.2) is 48.5 Å². The molecule has 2 fully saturated rings. The molecule has 7 heteroatoms. The fraction of sp³-hybridized carbons (Fsp3) is 0.481. The number of piperidine rings is 1. The predicted octanol–water partition coefficient (Wildman–Crippen LogP) is 6.35. The van der Waals surface area contributed by atoms with Crippen LogP contribution in [0.1, 0.15) is 62.1 Å². The Hall–Kier alpha value is -2.08. The molecule has 1 aliphatic heterocycles. The van der Waals surface area contributed by atoms with Crippen molar-refractivity contribution in [3.8, 4) is 0 Å². The number of aliphatic carboxylic acids is 1. The zero-order valence-electron chi connectivity index (χ0n) is 19.3. The molecule has 1 amide bonds. The zero-order valence-corrected chi connectivity index (χ0v) is 20.8. The van der Waals surface area contributed by atoms with Gasteiger partial charge in [-0.2, -0.15) is 0 Å². The maximum absolute atomic E-state index is 13.8. The third kappa shape index (κ3) is 5.94. The quantitative estimate of drug-likeness (QED) is 0.410. The van der Waals surface area contributed by atoms with E-state index in [0.29, 0.717) is 42.0 Å². The van der Waals surface area contributed by atoms with E-state index in [-0.39, 0.29) is 30.3 Å². The lowest BCUT2D eigenvalue weighted by atomic mass is 9.74. The zero-order chi connectivity index (χ0) is 24.2. The number of carboxylic acid groups (broad SMARTS) is 1. The van der Waals surface area contributed by atoms with Crippen molar-refractivity contribution in [2.24, 2.45) is 11.8 Å². The first-order chi connectivity index (χ1) is 16.4. The van der Waals surface area contributed by atoms with E-state index < -0.39 is 11.9 Å². The molecule has 1 N–H and O–H groups in total. The van der Waals surface area contributed by atoms with Crippen LogP contribution in [-0.2, 0) is 14.3 Å². The first kappa shape index (κ1) is 25.0. The average Bonchev–Trinajstić information content (AvgIpc) is 3.63. The van der Waals surface area contributed by atoms with Crippen molar-refractivity contribution in [3.05, 3.63) is 69.7 Å². The number of hydrogen-bond donors (Lipinski definition) is 1. The SMILES string of the molecule is CCC(COCC1CC1)N1C(=O)C(CC(=O)O)C[C@H](c2cccc(Cl)c2)[C@H]1c1ccc(Cl)cc1. The maximum atomic E-state index is 13.8. The van der Waals surface area contributed by atoms with Crippen LogP contribution in [0.4, 0.5) is 0 Å². The Bertz CT molecular complexity index is 1010. The second-order valence-electron chi connectivity index (χ2n) is 9.48. The maximum Gasteiger partial charge on any atom is 0.304 e. The lowest BCUT2D eigenvalue weighted by Gasteiger charge is -2.48. The van der Waals surface area contributed by atoms with Crippen LogP contribution in [0.3, 0.4) is 0 Å². The summed E-state index contributed by atoms with van der Waals surface area (Å²) >= 11 is 12.5. The molecule has 0 radical (unpaired) electrons. The summed E-state index contributed by atoms with van der Waals surface area (Å²) in [5, 5.41) is 10.8. The Morgan fingerprint density at radius 1 is 1.12 bits per heavy atom. The molecule has 0 spiro atoms. The van der Waals surface area contributed by atoms with E-state index in [1.165, 1.54) is 12.8 Å². The van der Waals surface area contributed by atoms with Crippen molar-refractivity contribution in [2.45, 2.75) is 57.0 Å². The van der Waals surface area contributed by atoms with E-state index in [1.54, 1.807) is 0 Å². The fourth-order valence-corrected chi connectivity index (χ4v) is 5.35. The van der Waals surface area contributed by atoms with E-state index >= 15 is 0 Å². The molecule has 1 aliphatic carbocycles. The minimum atomic E-state index is -0.967. The van der Waals surface area contributed by atoms with Crippen LogP contribution in [0.25, 0.3) is 0 Å². The van der Waals surface area contributed by atoms with Gasteiger partial charge in [0.15, 0.2) is 0 Å². The van der Waals surface area contributed by atoms with Crippen molar-refractivity contribution in [3.63, 3.8) is 0 Å². The van der Waals surface area contributed by atoms with Crippen molar-refractivity contribution in [1.29, 1.82) is 0 Å². The highest BCUT2D eigenvalue weighted by Gasteiger charge is 2.46. The number of halogens is 2. The van der Waals surface area contributed by atoms with Crippen molar-refractivity contribution < 1.29 is 19.4 Å². The van der Waals surface area contributed by atoms with E-state index in [9.17, 15) is 14.7 Å². The molecule has 4 atom stereocenters. The Labute approximate surface area is 211 Å². The molecule has 1 saturated carbocycles. The van der Waals surface area contributed by atoms with Gasteiger partial charge in [-0.3, -0.25) is 9.59 Å². The molecular formula is C27H31Cl2NO4. The summed E-state index contributed by atoms with van der Waals surface area (Å²) in [6.45, 7) is 3.19. The average molecular weight is 504 g/mol. The highest BCUT2D eigenvalue weighted by atomic mass is 35.5. The van der Waals surface area contributed by atoms with E-state index in [0.717, 1.165) is 11.1 Å². The van der Waals surface area contributed by atoms with Gasteiger partial charge in [0, 0.05) is 28.5 Å². The predicted molar refractivity (Wildman–Crippen MR) is 133 cm³/mol. The van der Waals surface area contributed by atoms with Crippen LogP contribution in [0.5, 0.6) is 0 Å². The topological polar surface area (TPSA) is 66.8 Å². The third-order valence-corrected chi connectivity index (χ3v) is 7.44. The molecule has 34 heavy (non-hydrogen) atoms. The summed E-state index contributed by atoms with van der Waals surface area (Å²) < 4.78 is 6.04. The van der Waals surface area contributed by atoms with Gasteiger partial charge in [-0.1, -0.05) is 54.4 Å². The molecule has 0 aromatic heterocycles. The monoisotopic (exact) mass is 503 g/mol. The standard InChI is InChI=1S/C27H31Cl2NO4/c1-2-23(16-34-15-17-6-7-17)30-26(18-8-10-21(28)11-9-18)24(19-4-3-5-22(29)12-19)13-20(27(30)33)14-25(31)32/h3-5,8-12,17,20,23-24,26H,2,6-7,13-16H2,1H3,(H,31,32)/t20?,23?,24-,26-/m1/s1. The number of carboxylic acids is 1. The molecule has 1 heterocycles. The molecule has 182 valence electrons. The number of hydrogen-bond acceptors (Lipinski definition) is 3. The van der Waals surface area contributed by atoms with Gasteiger partial charge < -0.3 is 14.7 Å². The van der Waals surface area contributed by atoms with Crippen LogP contribution < -0.4 is 0 Å². The van der Waals surface area contributed by atoms with Gasteiger partial charge in [0.2, 0.25) is 5.91 Å². The number of amides is 1.